The highest BCUT2D eigenvalue weighted by molar-refractivity contribution is 7.91. The van der Waals surface area contributed by atoms with Crippen molar-refractivity contribution in [1.29, 1.82) is 0 Å². The molecule has 0 unspecified atom stereocenters. The molecule has 0 saturated carbocycles. The number of hydrogen-bond donors (Lipinski definition) is 1. The molecule has 0 spiro atoms. The van der Waals surface area contributed by atoms with Crippen LogP contribution in [0.2, 0.25) is 0 Å². The molecule has 1 aromatic carbocycles. The molecule has 2 rings (SSSR count). The summed E-state index contributed by atoms with van der Waals surface area (Å²) in [5, 5.41) is 6.05. The molecule has 1 aliphatic rings. The number of oxime groups is 1. The van der Waals surface area contributed by atoms with E-state index in [1.807, 2.05) is 0 Å². The summed E-state index contributed by atoms with van der Waals surface area (Å²) in [4.78, 5) is 16.3. The standard InChI is InChI=1S/C13H15FN2O4S/c14-12-4-2-1-3-10(12)7-15-20-8-13(17)16-11-5-6-21(18,19)9-11/h1-4,7,11H,5-6,8-9H2,(H,16,17)/b15-7-/t11-/m1/s1. The lowest BCUT2D eigenvalue weighted by molar-refractivity contribution is -0.126. The lowest BCUT2D eigenvalue weighted by atomic mass is 10.2. The molecule has 0 bridgehead atoms. The lowest BCUT2D eigenvalue weighted by Crippen LogP contribution is -2.37. The number of benzene rings is 1. The highest BCUT2D eigenvalue weighted by atomic mass is 32.2. The molecular formula is C13H15FN2O4S. The van der Waals surface area contributed by atoms with Gasteiger partial charge in [-0.2, -0.15) is 0 Å². The Kier molecular flexibility index (Phi) is 4.89. The Balaban J connectivity index is 1.74. The van der Waals surface area contributed by atoms with Gasteiger partial charge >= 0.3 is 0 Å². The first-order chi connectivity index (χ1) is 9.96. The number of amides is 1. The minimum absolute atomic E-state index is 0.0444. The van der Waals surface area contributed by atoms with Crippen LogP contribution in [0.1, 0.15) is 12.0 Å². The Hall–Kier alpha value is -1.96. The number of sulfone groups is 1. The highest BCUT2D eigenvalue weighted by Crippen LogP contribution is 2.10. The minimum Gasteiger partial charge on any atom is -0.386 e. The zero-order chi connectivity index (χ0) is 15.3. The Morgan fingerprint density at radius 1 is 1.48 bits per heavy atom. The van der Waals surface area contributed by atoms with Gasteiger partial charge in [0.1, 0.15) is 5.82 Å². The molecular weight excluding hydrogens is 299 g/mol. The van der Waals surface area contributed by atoms with Crippen LogP contribution in [-0.2, 0) is 19.5 Å². The van der Waals surface area contributed by atoms with Gasteiger partial charge in [-0.05, 0) is 12.5 Å². The topological polar surface area (TPSA) is 84.8 Å². The molecule has 1 atom stereocenters. The van der Waals surface area contributed by atoms with Crippen LogP contribution in [0.5, 0.6) is 0 Å². The molecule has 0 aliphatic carbocycles. The largest absolute Gasteiger partial charge is 0.386 e. The Morgan fingerprint density at radius 3 is 2.90 bits per heavy atom. The minimum atomic E-state index is -3.03. The molecule has 21 heavy (non-hydrogen) atoms. The molecule has 6 nitrogen and oxygen atoms in total. The van der Waals surface area contributed by atoms with Crippen molar-refractivity contribution >= 4 is 22.0 Å². The van der Waals surface area contributed by atoms with Crippen LogP contribution in [0.3, 0.4) is 0 Å². The third kappa shape index (κ3) is 4.82. The Morgan fingerprint density at radius 2 is 2.24 bits per heavy atom. The van der Waals surface area contributed by atoms with E-state index in [1.54, 1.807) is 12.1 Å². The van der Waals surface area contributed by atoms with Crippen molar-refractivity contribution in [2.45, 2.75) is 12.5 Å². The fraction of sp³-hybridized carbons (Fsp3) is 0.385. The van der Waals surface area contributed by atoms with Crippen LogP contribution < -0.4 is 5.32 Å². The van der Waals surface area contributed by atoms with Gasteiger partial charge in [0.15, 0.2) is 16.4 Å². The van der Waals surface area contributed by atoms with Gasteiger partial charge in [-0.15, -0.1) is 0 Å². The molecule has 0 aromatic heterocycles. The number of carbonyl (C=O) groups is 1. The van der Waals surface area contributed by atoms with E-state index in [1.165, 1.54) is 18.3 Å². The van der Waals surface area contributed by atoms with Gasteiger partial charge in [0, 0.05) is 11.6 Å². The van der Waals surface area contributed by atoms with Crippen molar-refractivity contribution in [1.82, 2.24) is 5.32 Å². The van der Waals surface area contributed by atoms with E-state index in [0.717, 1.165) is 0 Å². The van der Waals surface area contributed by atoms with Crippen molar-refractivity contribution in [3.05, 3.63) is 35.6 Å². The van der Waals surface area contributed by atoms with Crippen LogP contribution in [0.25, 0.3) is 0 Å². The van der Waals surface area contributed by atoms with Crippen molar-refractivity contribution in [3.63, 3.8) is 0 Å². The highest BCUT2D eigenvalue weighted by Gasteiger charge is 2.28. The zero-order valence-electron chi connectivity index (χ0n) is 11.2. The summed E-state index contributed by atoms with van der Waals surface area (Å²) < 4.78 is 35.7. The zero-order valence-corrected chi connectivity index (χ0v) is 12.0. The second kappa shape index (κ2) is 6.66. The van der Waals surface area contributed by atoms with Crippen LogP contribution in [0.15, 0.2) is 29.4 Å². The number of hydrogen-bond acceptors (Lipinski definition) is 5. The summed E-state index contributed by atoms with van der Waals surface area (Å²) in [6.45, 7) is -0.346. The van der Waals surface area contributed by atoms with Crippen molar-refractivity contribution < 1.29 is 22.4 Å². The van der Waals surface area contributed by atoms with E-state index >= 15 is 0 Å². The maximum Gasteiger partial charge on any atom is 0.261 e. The van der Waals surface area contributed by atoms with Gasteiger partial charge in [-0.25, -0.2) is 12.8 Å². The molecule has 0 radical (unpaired) electrons. The number of rotatable bonds is 5. The van der Waals surface area contributed by atoms with E-state index < -0.39 is 21.6 Å². The molecule has 1 saturated heterocycles. The number of carbonyl (C=O) groups excluding carboxylic acids is 1. The van der Waals surface area contributed by atoms with Gasteiger partial charge in [-0.3, -0.25) is 4.79 Å². The van der Waals surface area contributed by atoms with E-state index in [4.69, 9.17) is 4.84 Å². The third-order valence-corrected chi connectivity index (χ3v) is 4.73. The van der Waals surface area contributed by atoms with Crippen LogP contribution in [0.4, 0.5) is 4.39 Å². The van der Waals surface area contributed by atoms with Crippen molar-refractivity contribution in [3.8, 4) is 0 Å². The quantitative estimate of drug-likeness (QED) is 0.633. The molecule has 1 fully saturated rings. The maximum atomic E-state index is 13.2. The molecule has 8 heteroatoms. The summed E-state index contributed by atoms with van der Waals surface area (Å²) in [7, 11) is -3.03. The summed E-state index contributed by atoms with van der Waals surface area (Å²) >= 11 is 0. The molecule has 1 aliphatic heterocycles. The summed E-state index contributed by atoms with van der Waals surface area (Å²) in [5.41, 5.74) is 0.250. The van der Waals surface area contributed by atoms with E-state index in [0.29, 0.717) is 6.42 Å². The fourth-order valence-corrected chi connectivity index (χ4v) is 3.62. The number of halogens is 1. The van der Waals surface area contributed by atoms with Gasteiger partial charge < -0.3 is 10.2 Å². The van der Waals surface area contributed by atoms with Crippen molar-refractivity contribution in [2.24, 2.45) is 5.16 Å². The van der Waals surface area contributed by atoms with Gasteiger partial charge in [0.2, 0.25) is 0 Å². The van der Waals surface area contributed by atoms with Crippen LogP contribution in [0, 0.1) is 5.82 Å². The summed E-state index contributed by atoms with van der Waals surface area (Å²) in [6.07, 6.45) is 1.58. The number of nitrogens with zero attached hydrogens (tertiary/aromatic N) is 1. The Bertz CT molecular complexity index is 645. The van der Waals surface area contributed by atoms with E-state index in [-0.39, 0.29) is 29.7 Å². The monoisotopic (exact) mass is 314 g/mol. The van der Waals surface area contributed by atoms with Gasteiger partial charge in [-0.1, -0.05) is 23.4 Å². The molecule has 1 heterocycles. The van der Waals surface area contributed by atoms with Gasteiger partial charge in [0.05, 0.1) is 17.7 Å². The first-order valence-electron chi connectivity index (χ1n) is 6.36. The van der Waals surface area contributed by atoms with Crippen LogP contribution >= 0.6 is 0 Å². The normalized spacial score (nSPS) is 20.5. The molecule has 1 N–H and O–H groups in total. The fourth-order valence-electron chi connectivity index (χ4n) is 1.95. The average molecular weight is 314 g/mol. The molecule has 1 amide bonds. The van der Waals surface area contributed by atoms with Crippen molar-refractivity contribution in [2.75, 3.05) is 18.1 Å². The van der Waals surface area contributed by atoms with E-state index in [2.05, 4.69) is 10.5 Å². The first kappa shape index (κ1) is 15.4. The SMILES string of the molecule is O=C(CO/N=C\c1ccccc1F)N[C@@H]1CCS(=O)(=O)C1. The molecule has 1 aromatic rings. The van der Waals surface area contributed by atoms with Gasteiger partial charge in [0.25, 0.3) is 5.91 Å². The molecule has 114 valence electrons. The summed E-state index contributed by atoms with van der Waals surface area (Å²) in [5.74, 6) is -0.852. The summed E-state index contributed by atoms with van der Waals surface area (Å²) in [6, 6.07) is 5.64. The van der Waals surface area contributed by atoms with E-state index in [9.17, 15) is 17.6 Å². The van der Waals surface area contributed by atoms with Crippen LogP contribution in [-0.4, -0.2) is 44.7 Å². The second-order valence-corrected chi connectivity index (χ2v) is 6.93. The second-order valence-electron chi connectivity index (χ2n) is 4.70. The first-order valence-corrected chi connectivity index (χ1v) is 8.18. The smallest absolute Gasteiger partial charge is 0.261 e. The third-order valence-electron chi connectivity index (χ3n) is 2.96. The predicted octanol–water partition coefficient (Wildman–Crippen LogP) is 0.480. The number of nitrogens with one attached hydrogen (secondary N) is 1. The maximum absolute atomic E-state index is 13.2. The lowest BCUT2D eigenvalue weighted by Gasteiger charge is -2.09. The predicted molar refractivity (Wildman–Crippen MR) is 75.1 cm³/mol. The average Bonchev–Trinajstić information content (AvgIpc) is 2.76. The Labute approximate surface area is 121 Å².